The summed E-state index contributed by atoms with van der Waals surface area (Å²) in [5, 5.41) is 8.05. The van der Waals surface area contributed by atoms with Gasteiger partial charge in [0.25, 0.3) is 10.1 Å². The SMILES string of the molecule is N#CCCOCOCS(=O)(=O)O. The van der Waals surface area contributed by atoms with E-state index in [1.165, 1.54) is 0 Å². The predicted octanol–water partition coefficient (Wildman–Crippen LogP) is -0.264. The number of nitrogens with zero attached hydrogens (tertiary/aromatic N) is 1. The molecule has 0 aromatic carbocycles. The Morgan fingerprint density at radius 2 is 2.08 bits per heavy atom. The van der Waals surface area contributed by atoms with E-state index in [2.05, 4.69) is 9.47 Å². The van der Waals surface area contributed by atoms with Crippen molar-refractivity contribution in [1.82, 2.24) is 0 Å². The second-order valence-corrected chi connectivity index (χ2v) is 3.24. The molecule has 0 aliphatic rings. The van der Waals surface area contributed by atoms with Gasteiger partial charge in [-0.25, -0.2) is 0 Å². The van der Waals surface area contributed by atoms with Crippen LogP contribution < -0.4 is 0 Å². The van der Waals surface area contributed by atoms with Gasteiger partial charge in [-0.05, 0) is 0 Å². The lowest BCUT2D eigenvalue weighted by molar-refractivity contribution is -0.0371. The van der Waals surface area contributed by atoms with E-state index in [0.717, 1.165) is 0 Å². The molecule has 0 saturated carbocycles. The van der Waals surface area contributed by atoms with Crippen LogP contribution in [0, 0.1) is 11.3 Å². The van der Waals surface area contributed by atoms with Crippen molar-refractivity contribution in [3.05, 3.63) is 0 Å². The van der Waals surface area contributed by atoms with E-state index in [4.69, 9.17) is 9.81 Å². The van der Waals surface area contributed by atoms with Crippen LogP contribution in [0.2, 0.25) is 0 Å². The minimum atomic E-state index is -4.08. The monoisotopic (exact) mass is 195 g/mol. The molecule has 0 aromatic heterocycles. The molecular weight excluding hydrogens is 186 g/mol. The molecule has 0 aromatic rings. The Morgan fingerprint density at radius 3 is 2.58 bits per heavy atom. The molecule has 0 aliphatic heterocycles. The van der Waals surface area contributed by atoms with Crippen molar-refractivity contribution in [3.8, 4) is 6.07 Å². The third kappa shape index (κ3) is 9.32. The normalized spacial score (nSPS) is 11.0. The Bertz CT molecular complexity index is 241. The third-order valence-electron chi connectivity index (χ3n) is 0.757. The molecule has 0 saturated heterocycles. The van der Waals surface area contributed by atoms with E-state index in [9.17, 15) is 8.42 Å². The molecule has 70 valence electrons. The largest absolute Gasteiger partial charge is 0.354 e. The van der Waals surface area contributed by atoms with E-state index in [0.29, 0.717) is 0 Å². The quantitative estimate of drug-likeness (QED) is 0.356. The highest BCUT2D eigenvalue weighted by Crippen LogP contribution is 1.86. The summed E-state index contributed by atoms with van der Waals surface area (Å²) in [7, 11) is -4.08. The highest BCUT2D eigenvalue weighted by molar-refractivity contribution is 7.85. The molecular formula is C5H9NO5S. The van der Waals surface area contributed by atoms with E-state index in [1.807, 2.05) is 6.07 Å². The van der Waals surface area contributed by atoms with Crippen LogP contribution in [-0.4, -0.2) is 32.3 Å². The molecule has 0 atom stereocenters. The van der Waals surface area contributed by atoms with Crippen LogP contribution in [-0.2, 0) is 19.6 Å². The fourth-order valence-electron chi connectivity index (χ4n) is 0.375. The summed E-state index contributed by atoms with van der Waals surface area (Å²) in [5.74, 6) is -0.792. The van der Waals surface area contributed by atoms with E-state index in [-0.39, 0.29) is 19.8 Å². The van der Waals surface area contributed by atoms with Crippen molar-refractivity contribution in [3.63, 3.8) is 0 Å². The maximum Gasteiger partial charge on any atom is 0.289 e. The minimum absolute atomic E-state index is 0.183. The summed E-state index contributed by atoms with van der Waals surface area (Å²) in [6, 6.07) is 1.83. The van der Waals surface area contributed by atoms with E-state index >= 15 is 0 Å². The Morgan fingerprint density at radius 1 is 1.42 bits per heavy atom. The van der Waals surface area contributed by atoms with Crippen molar-refractivity contribution in [1.29, 1.82) is 5.26 Å². The number of nitriles is 1. The Balaban J connectivity index is 3.18. The topological polar surface area (TPSA) is 96.6 Å². The molecule has 0 rings (SSSR count). The zero-order valence-corrected chi connectivity index (χ0v) is 7.08. The van der Waals surface area contributed by atoms with Crippen LogP contribution in [0.5, 0.6) is 0 Å². The fraction of sp³-hybridized carbons (Fsp3) is 0.800. The van der Waals surface area contributed by atoms with Crippen molar-refractivity contribution < 1.29 is 22.4 Å². The van der Waals surface area contributed by atoms with Gasteiger partial charge >= 0.3 is 0 Å². The summed E-state index contributed by atoms with van der Waals surface area (Å²) in [4.78, 5) is 0. The van der Waals surface area contributed by atoms with Crippen molar-refractivity contribution in [2.75, 3.05) is 19.3 Å². The van der Waals surface area contributed by atoms with Gasteiger partial charge in [-0.1, -0.05) is 0 Å². The van der Waals surface area contributed by atoms with Gasteiger partial charge in [0.05, 0.1) is 19.1 Å². The summed E-state index contributed by atoms with van der Waals surface area (Å²) in [5.41, 5.74) is 0. The van der Waals surface area contributed by atoms with Gasteiger partial charge < -0.3 is 9.47 Å². The maximum absolute atomic E-state index is 10.0. The van der Waals surface area contributed by atoms with Gasteiger partial charge in [0.2, 0.25) is 0 Å². The Kier molecular flexibility index (Phi) is 5.57. The van der Waals surface area contributed by atoms with Crippen LogP contribution in [0.25, 0.3) is 0 Å². The van der Waals surface area contributed by atoms with Gasteiger partial charge in [-0.3, -0.25) is 4.55 Å². The van der Waals surface area contributed by atoms with Gasteiger partial charge in [-0.2, -0.15) is 13.7 Å². The van der Waals surface area contributed by atoms with Gasteiger partial charge in [0.1, 0.15) is 6.79 Å². The average molecular weight is 195 g/mol. The summed E-state index contributed by atoms with van der Waals surface area (Å²) >= 11 is 0. The molecule has 0 spiro atoms. The molecule has 6 nitrogen and oxygen atoms in total. The number of ether oxygens (including phenoxy) is 2. The van der Waals surface area contributed by atoms with Crippen molar-refractivity contribution in [2.24, 2.45) is 0 Å². The summed E-state index contributed by atoms with van der Waals surface area (Å²) < 4.78 is 37.3. The highest BCUT2D eigenvalue weighted by Gasteiger charge is 2.02. The van der Waals surface area contributed by atoms with Gasteiger partial charge in [0, 0.05) is 0 Å². The van der Waals surface area contributed by atoms with Crippen LogP contribution >= 0.6 is 0 Å². The maximum atomic E-state index is 10.0. The molecule has 0 unspecified atom stereocenters. The third-order valence-corrected chi connectivity index (χ3v) is 1.22. The van der Waals surface area contributed by atoms with Crippen LogP contribution in [0.3, 0.4) is 0 Å². The standard InChI is InChI=1S/C5H9NO5S/c6-2-1-3-10-4-11-5-12(7,8)9/h1,3-5H2,(H,7,8,9). The Labute approximate surface area is 70.4 Å². The number of hydrogen-bond acceptors (Lipinski definition) is 5. The molecule has 1 N–H and O–H groups in total. The second-order valence-electron chi connectivity index (χ2n) is 1.84. The average Bonchev–Trinajstić information content (AvgIpc) is 1.94. The molecule has 0 fully saturated rings. The lowest BCUT2D eigenvalue weighted by Crippen LogP contribution is -2.10. The molecule has 12 heavy (non-hydrogen) atoms. The number of hydrogen-bond donors (Lipinski definition) is 1. The fourth-order valence-corrected chi connectivity index (χ4v) is 0.654. The zero-order chi connectivity index (χ0) is 9.45. The lowest BCUT2D eigenvalue weighted by atomic mass is 10.5. The van der Waals surface area contributed by atoms with Crippen LogP contribution in [0.15, 0.2) is 0 Å². The van der Waals surface area contributed by atoms with E-state index in [1.54, 1.807) is 0 Å². The first-order valence-corrected chi connectivity index (χ1v) is 4.65. The van der Waals surface area contributed by atoms with Crippen molar-refractivity contribution in [2.45, 2.75) is 6.42 Å². The molecule has 0 amide bonds. The Hall–Kier alpha value is -0.680. The summed E-state index contributed by atoms with van der Waals surface area (Å²) in [6.45, 7) is -0.0660. The van der Waals surface area contributed by atoms with Gasteiger partial charge in [-0.15, -0.1) is 0 Å². The minimum Gasteiger partial charge on any atom is -0.354 e. The first-order chi connectivity index (χ1) is 5.56. The first kappa shape index (κ1) is 11.3. The first-order valence-electron chi connectivity index (χ1n) is 3.04. The van der Waals surface area contributed by atoms with Crippen LogP contribution in [0.1, 0.15) is 6.42 Å². The molecule has 0 bridgehead atoms. The molecule has 0 heterocycles. The molecule has 0 radical (unpaired) electrons. The predicted molar refractivity (Wildman–Crippen MR) is 38.5 cm³/mol. The van der Waals surface area contributed by atoms with E-state index < -0.39 is 16.1 Å². The summed E-state index contributed by atoms with van der Waals surface area (Å²) in [6.07, 6.45) is 0.217. The zero-order valence-electron chi connectivity index (χ0n) is 6.26. The highest BCUT2D eigenvalue weighted by atomic mass is 32.2. The molecule has 7 heteroatoms. The second kappa shape index (κ2) is 5.91. The van der Waals surface area contributed by atoms with Gasteiger partial charge in [0.15, 0.2) is 5.94 Å². The lowest BCUT2D eigenvalue weighted by Gasteiger charge is -2.01. The molecule has 0 aliphatic carbocycles. The van der Waals surface area contributed by atoms with Crippen LogP contribution in [0.4, 0.5) is 0 Å². The smallest absolute Gasteiger partial charge is 0.289 e. The van der Waals surface area contributed by atoms with Crippen molar-refractivity contribution >= 4 is 10.1 Å². The number of rotatable bonds is 6.